The zero-order chi connectivity index (χ0) is 18.2. The van der Waals surface area contributed by atoms with Gasteiger partial charge in [0.2, 0.25) is 5.89 Å². The minimum Gasteiger partial charge on any atom is -0.455 e. The van der Waals surface area contributed by atoms with E-state index in [0.29, 0.717) is 17.1 Å². The molecule has 5 rings (SSSR count). The van der Waals surface area contributed by atoms with Gasteiger partial charge in [0.1, 0.15) is 18.6 Å². The highest BCUT2D eigenvalue weighted by Crippen LogP contribution is 2.33. The van der Waals surface area contributed by atoms with E-state index in [-0.39, 0.29) is 12.6 Å². The van der Waals surface area contributed by atoms with Gasteiger partial charge >= 0.3 is 5.97 Å². The molecular formula is C23H17NO3. The van der Waals surface area contributed by atoms with Crippen LogP contribution in [0.1, 0.15) is 27.2 Å². The van der Waals surface area contributed by atoms with Crippen LogP contribution in [0, 0.1) is 0 Å². The highest BCUT2D eigenvalue weighted by Gasteiger charge is 2.19. The first-order valence-corrected chi connectivity index (χ1v) is 9.00. The Bertz CT molecular complexity index is 1130. The van der Waals surface area contributed by atoms with Crippen LogP contribution < -0.4 is 0 Å². The highest BCUT2D eigenvalue weighted by molar-refractivity contribution is 6.07. The molecule has 27 heavy (non-hydrogen) atoms. The lowest BCUT2D eigenvalue weighted by molar-refractivity contribution is 0.0470. The lowest BCUT2D eigenvalue weighted by Crippen LogP contribution is -2.06. The normalized spacial score (nSPS) is 12.4. The van der Waals surface area contributed by atoms with Gasteiger partial charge in [-0.25, -0.2) is 9.78 Å². The van der Waals surface area contributed by atoms with E-state index in [2.05, 4.69) is 11.1 Å². The first kappa shape index (κ1) is 15.8. The molecule has 4 aromatic rings. The van der Waals surface area contributed by atoms with E-state index in [9.17, 15) is 4.79 Å². The third-order valence-electron chi connectivity index (χ3n) is 5.02. The van der Waals surface area contributed by atoms with Crippen molar-refractivity contribution >= 4 is 16.7 Å². The number of rotatable bonds is 4. The topological polar surface area (TPSA) is 52.3 Å². The molecule has 1 heterocycles. The molecule has 0 bridgehead atoms. The average molecular weight is 355 g/mol. The third kappa shape index (κ3) is 2.79. The standard InChI is InChI=1S/C23H17NO3/c25-23(20-12-11-16-10-9-15-7-4-8-19(20)21(15)16)27-14-18-13-26-22(24-18)17-5-2-1-3-6-17/h1-8,11-13H,9-10,14H2. The largest absolute Gasteiger partial charge is 0.455 e. The van der Waals surface area contributed by atoms with Gasteiger partial charge in [0.15, 0.2) is 0 Å². The maximum atomic E-state index is 12.7. The van der Waals surface area contributed by atoms with Crippen molar-refractivity contribution in [3.8, 4) is 11.5 Å². The van der Waals surface area contributed by atoms with Crippen molar-refractivity contribution in [2.45, 2.75) is 19.4 Å². The van der Waals surface area contributed by atoms with Crippen molar-refractivity contribution in [3.63, 3.8) is 0 Å². The fourth-order valence-corrected chi connectivity index (χ4v) is 3.73. The molecule has 1 aliphatic rings. The van der Waals surface area contributed by atoms with E-state index in [0.717, 1.165) is 23.8 Å². The smallest absolute Gasteiger partial charge is 0.339 e. The quantitative estimate of drug-likeness (QED) is 0.486. The molecule has 132 valence electrons. The van der Waals surface area contributed by atoms with Crippen LogP contribution in [-0.4, -0.2) is 11.0 Å². The second kappa shape index (κ2) is 6.40. The number of carbonyl (C=O) groups excluding carboxylic acids is 1. The van der Waals surface area contributed by atoms with E-state index >= 15 is 0 Å². The summed E-state index contributed by atoms with van der Waals surface area (Å²) in [5.41, 5.74) is 4.70. The summed E-state index contributed by atoms with van der Waals surface area (Å²) >= 11 is 0. The van der Waals surface area contributed by atoms with Crippen LogP contribution in [0.2, 0.25) is 0 Å². The predicted molar refractivity (Wildman–Crippen MR) is 102 cm³/mol. The van der Waals surface area contributed by atoms with Crippen molar-refractivity contribution in [1.29, 1.82) is 0 Å². The first-order chi connectivity index (χ1) is 13.3. The monoisotopic (exact) mass is 355 g/mol. The van der Waals surface area contributed by atoms with Gasteiger partial charge in [-0.15, -0.1) is 0 Å². The predicted octanol–water partition coefficient (Wildman–Crippen LogP) is 4.95. The van der Waals surface area contributed by atoms with Gasteiger partial charge in [-0.3, -0.25) is 0 Å². The van der Waals surface area contributed by atoms with Crippen LogP contribution >= 0.6 is 0 Å². The molecule has 0 N–H and O–H groups in total. The Morgan fingerprint density at radius 2 is 1.78 bits per heavy atom. The van der Waals surface area contributed by atoms with E-state index in [1.54, 1.807) is 0 Å². The number of aromatic nitrogens is 1. The van der Waals surface area contributed by atoms with Crippen molar-refractivity contribution in [3.05, 3.63) is 89.3 Å². The third-order valence-corrected chi connectivity index (χ3v) is 5.02. The molecule has 0 atom stereocenters. The Balaban J connectivity index is 1.37. The van der Waals surface area contributed by atoms with Crippen LogP contribution in [0.15, 0.2) is 71.3 Å². The van der Waals surface area contributed by atoms with E-state index < -0.39 is 0 Å². The summed E-state index contributed by atoms with van der Waals surface area (Å²) in [5, 5.41) is 2.18. The number of benzene rings is 3. The second-order valence-electron chi connectivity index (χ2n) is 6.70. The van der Waals surface area contributed by atoms with Crippen LogP contribution in [0.25, 0.3) is 22.2 Å². The lowest BCUT2D eigenvalue weighted by atomic mass is 10.00. The van der Waals surface area contributed by atoms with Crippen LogP contribution in [-0.2, 0) is 24.2 Å². The molecule has 1 aromatic heterocycles. The van der Waals surface area contributed by atoms with Crippen molar-refractivity contribution in [2.24, 2.45) is 0 Å². The molecule has 0 saturated carbocycles. The van der Waals surface area contributed by atoms with Gasteiger partial charge < -0.3 is 9.15 Å². The summed E-state index contributed by atoms with van der Waals surface area (Å²) < 4.78 is 11.0. The Hall–Kier alpha value is -3.40. The Labute approximate surface area is 156 Å². The molecule has 0 radical (unpaired) electrons. The van der Waals surface area contributed by atoms with E-state index in [1.807, 2.05) is 54.6 Å². The SMILES string of the molecule is O=C(OCc1coc(-c2ccccc2)n1)c1ccc2c3c(cccc13)CC2. The summed E-state index contributed by atoms with van der Waals surface area (Å²) in [5.74, 6) is 0.182. The second-order valence-corrected chi connectivity index (χ2v) is 6.70. The molecule has 0 aliphatic heterocycles. The van der Waals surface area contributed by atoms with Crippen molar-refractivity contribution in [1.82, 2.24) is 4.98 Å². The van der Waals surface area contributed by atoms with Crippen LogP contribution in [0.5, 0.6) is 0 Å². The van der Waals surface area contributed by atoms with Gasteiger partial charge in [-0.1, -0.05) is 42.5 Å². The van der Waals surface area contributed by atoms with Gasteiger partial charge in [-0.05, 0) is 52.9 Å². The van der Waals surface area contributed by atoms with E-state index in [4.69, 9.17) is 9.15 Å². The zero-order valence-electron chi connectivity index (χ0n) is 14.6. The first-order valence-electron chi connectivity index (χ1n) is 9.00. The van der Waals surface area contributed by atoms with E-state index in [1.165, 1.54) is 22.8 Å². The summed E-state index contributed by atoms with van der Waals surface area (Å²) in [7, 11) is 0. The van der Waals surface area contributed by atoms with Crippen molar-refractivity contribution < 1.29 is 13.9 Å². The molecule has 1 aliphatic carbocycles. The van der Waals surface area contributed by atoms with Gasteiger partial charge in [-0.2, -0.15) is 0 Å². The maximum absolute atomic E-state index is 12.7. The summed E-state index contributed by atoms with van der Waals surface area (Å²) in [6.45, 7) is 0.0815. The summed E-state index contributed by atoms with van der Waals surface area (Å²) in [4.78, 5) is 17.1. The summed E-state index contributed by atoms with van der Waals surface area (Å²) in [6.07, 6.45) is 3.60. The summed E-state index contributed by atoms with van der Waals surface area (Å²) in [6, 6.07) is 19.7. The maximum Gasteiger partial charge on any atom is 0.339 e. The number of hydrogen-bond acceptors (Lipinski definition) is 4. The molecule has 0 spiro atoms. The lowest BCUT2D eigenvalue weighted by Gasteiger charge is -2.08. The Kier molecular flexibility index (Phi) is 3.75. The minimum absolute atomic E-state index is 0.0815. The number of carbonyl (C=O) groups is 1. The molecular weight excluding hydrogens is 338 g/mol. The number of aryl methyl sites for hydroxylation is 2. The zero-order valence-corrected chi connectivity index (χ0v) is 14.6. The molecule has 0 fully saturated rings. The fourth-order valence-electron chi connectivity index (χ4n) is 3.73. The highest BCUT2D eigenvalue weighted by atomic mass is 16.5. The minimum atomic E-state index is -0.338. The number of hydrogen-bond donors (Lipinski definition) is 0. The fraction of sp³-hybridized carbons (Fsp3) is 0.130. The molecule has 4 nitrogen and oxygen atoms in total. The Morgan fingerprint density at radius 1 is 0.963 bits per heavy atom. The van der Waals surface area contributed by atoms with Gasteiger partial charge in [0.25, 0.3) is 0 Å². The van der Waals surface area contributed by atoms with Crippen LogP contribution in [0.3, 0.4) is 0 Å². The van der Waals surface area contributed by atoms with Crippen molar-refractivity contribution in [2.75, 3.05) is 0 Å². The van der Waals surface area contributed by atoms with Gasteiger partial charge in [0.05, 0.1) is 5.56 Å². The molecule has 0 saturated heterocycles. The molecule has 0 unspecified atom stereocenters. The number of ether oxygens (including phenoxy) is 1. The molecule has 3 aromatic carbocycles. The Morgan fingerprint density at radius 3 is 2.63 bits per heavy atom. The number of nitrogens with zero attached hydrogens (tertiary/aromatic N) is 1. The molecule has 0 amide bonds. The van der Waals surface area contributed by atoms with Crippen LogP contribution in [0.4, 0.5) is 0 Å². The number of oxazole rings is 1. The number of esters is 1. The molecule has 4 heteroatoms. The van der Waals surface area contributed by atoms with Gasteiger partial charge in [0, 0.05) is 5.56 Å². The average Bonchev–Trinajstić information content (AvgIpc) is 3.36.